The molecule has 1 aliphatic rings. The summed E-state index contributed by atoms with van der Waals surface area (Å²) in [6, 6.07) is 15.6. The molecule has 0 aromatic heterocycles. The lowest BCUT2D eigenvalue weighted by atomic mass is 9.94. The Labute approximate surface area is 153 Å². The Morgan fingerprint density at radius 2 is 1.77 bits per heavy atom. The summed E-state index contributed by atoms with van der Waals surface area (Å²) in [5.74, 6) is -0.538. The first-order valence-electron chi connectivity index (χ1n) is 8.88. The molecule has 136 valence electrons. The van der Waals surface area contributed by atoms with Crippen molar-refractivity contribution in [3.05, 3.63) is 71.5 Å². The predicted molar refractivity (Wildman–Crippen MR) is 97.9 cm³/mol. The molecule has 0 radical (unpaired) electrons. The topological polar surface area (TPSA) is 40.6 Å². The quantitative estimate of drug-likeness (QED) is 0.845. The Balaban J connectivity index is 1.54. The molecule has 1 aliphatic heterocycles. The number of rotatable bonds is 4. The smallest absolute Gasteiger partial charge is 0.253 e. The number of amides is 2. The van der Waals surface area contributed by atoms with E-state index >= 15 is 0 Å². The van der Waals surface area contributed by atoms with Gasteiger partial charge in [-0.05, 0) is 36.6 Å². The molecule has 0 N–H and O–H groups in total. The molecule has 1 fully saturated rings. The summed E-state index contributed by atoms with van der Waals surface area (Å²) in [6.07, 6.45) is 1.28. The Hall–Kier alpha value is -2.69. The Morgan fingerprint density at radius 1 is 1.08 bits per heavy atom. The van der Waals surface area contributed by atoms with E-state index < -0.39 is 5.82 Å². The van der Waals surface area contributed by atoms with Crippen molar-refractivity contribution in [1.29, 1.82) is 0 Å². The van der Waals surface area contributed by atoms with E-state index in [0.717, 1.165) is 5.56 Å². The number of likely N-dealkylation sites (tertiary alicyclic amines) is 1. The Morgan fingerprint density at radius 3 is 2.42 bits per heavy atom. The van der Waals surface area contributed by atoms with Crippen LogP contribution in [-0.4, -0.2) is 41.8 Å². The Bertz CT molecular complexity index is 771. The SMILES string of the molecule is CN(Cc1ccccc1)C(=O)C1CCN(C(=O)c2cccc(F)c2)CC1. The summed E-state index contributed by atoms with van der Waals surface area (Å²) in [5.41, 5.74) is 1.46. The van der Waals surface area contributed by atoms with E-state index in [4.69, 9.17) is 0 Å². The highest BCUT2D eigenvalue weighted by Crippen LogP contribution is 2.22. The highest BCUT2D eigenvalue weighted by Gasteiger charge is 2.29. The van der Waals surface area contributed by atoms with Gasteiger partial charge in [-0.3, -0.25) is 9.59 Å². The molecule has 0 bridgehead atoms. The lowest BCUT2D eigenvalue weighted by Crippen LogP contribution is -2.43. The summed E-state index contributed by atoms with van der Waals surface area (Å²) >= 11 is 0. The molecule has 2 amide bonds. The van der Waals surface area contributed by atoms with Crippen LogP contribution >= 0.6 is 0 Å². The van der Waals surface area contributed by atoms with Crippen LogP contribution in [0.4, 0.5) is 4.39 Å². The van der Waals surface area contributed by atoms with Crippen LogP contribution in [0.2, 0.25) is 0 Å². The van der Waals surface area contributed by atoms with Gasteiger partial charge in [-0.1, -0.05) is 36.4 Å². The maximum Gasteiger partial charge on any atom is 0.253 e. The van der Waals surface area contributed by atoms with Gasteiger partial charge in [-0.25, -0.2) is 4.39 Å². The number of hydrogen-bond donors (Lipinski definition) is 0. The van der Waals surface area contributed by atoms with Gasteiger partial charge in [0.2, 0.25) is 5.91 Å². The van der Waals surface area contributed by atoms with Crippen LogP contribution < -0.4 is 0 Å². The van der Waals surface area contributed by atoms with E-state index in [0.29, 0.717) is 38.0 Å². The van der Waals surface area contributed by atoms with Crippen LogP contribution in [0.3, 0.4) is 0 Å². The second-order valence-corrected chi connectivity index (χ2v) is 6.76. The van der Waals surface area contributed by atoms with Gasteiger partial charge in [-0.2, -0.15) is 0 Å². The third kappa shape index (κ3) is 4.28. The van der Waals surface area contributed by atoms with Crippen LogP contribution in [0.15, 0.2) is 54.6 Å². The van der Waals surface area contributed by atoms with Crippen molar-refractivity contribution in [2.45, 2.75) is 19.4 Å². The van der Waals surface area contributed by atoms with E-state index in [1.807, 2.05) is 37.4 Å². The van der Waals surface area contributed by atoms with Gasteiger partial charge >= 0.3 is 0 Å². The average Bonchev–Trinajstić information content (AvgIpc) is 2.67. The minimum Gasteiger partial charge on any atom is -0.341 e. The van der Waals surface area contributed by atoms with Gasteiger partial charge in [0.05, 0.1) is 0 Å². The molecule has 26 heavy (non-hydrogen) atoms. The lowest BCUT2D eigenvalue weighted by Gasteiger charge is -2.33. The van der Waals surface area contributed by atoms with E-state index in [2.05, 4.69) is 0 Å². The standard InChI is InChI=1S/C21H23FN2O2/c1-23(15-16-6-3-2-4-7-16)20(25)17-10-12-24(13-11-17)21(26)18-8-5-9-19(22)14-18/h2-9,14,17H,10-13,15H2,1H3. The van der Waals surface area contributed by atoms with Gasteiger partial charge in [0.15, 0.2) is 0 Å². The largest absolute Gasteiger partial charge is 0.341 e. The number of piperidine rings is 1. The second-order valence-electron chi connectivity index (χ2n) is 6.76. The molecule has 0 atom stereocenters. The van der Waals surface area contributed by atoms with Gasteiger partial charge in [0.1, 0.15) is 5.82 Å². The normalized spacial score (nSPS) is 14.9. The molecule has 3 rings (SSSR count). The summed E-state index contributed by atoms with van der Waals surface area (Å²) in [4.78, 5) is 28.6. The summed E-state index contributed by atoms with van der Waals surface area (Å²) < 4.78 is 13.3. The van der Waals surface area contributed by atoms with E-state index in [9.17, 15) is 14.0 Å². The molecule has 0 saturated carbocycles. The maximum absolute atomic E-state index is 13.3. The molecule has 0 spiro atoms. The van der Waals surface area contributed by atoms with Gasteiger partial charge < -0.3 is 9.80 Å². The van der Waals surface area contributed by atoms with Crippen molar-refractivity contribution in [3.63, 3.8) is 0 Å². The molecule has 1 heterocycles. The van der Waals surface area contributed by atoms with E-state index in [-0.39, 0.29) is 17.7 Å². The second kappa shape index (κ2) is 8.13. The molecular weight excluding hydrogens is 331 g/mol. The summed E-state index contributed by atoms with van der Waals surface area (Å²) in [6.45, 7) is 1.62. The number of halogens is 1. The minimum absolute atomic E-state index is 0.0692. The predicted octanol–water partition coefficient (Wildman–Crippen LogP) is 3.34. The first-order valence-corrected chi connectivity index (χ1v) is 8.88. The molecule has 5 heteroatoms. The first-order chi connectivity index (χ1) is 12.5. The summed E-state index contributed by atoms with van der Waals surface area (Å²) in [7, 11) is 1.82. The lowest BCUT2D eigenvalue weighted by molar-refractivity contribution is -0.136. The van der Waals surface area contributed by atoms with Gasteiger partial charge in [0, 0.05) is 38.2 Å². The molecule has 0 unspecified atom stereocenters. The monoisotopic (exact) mass is 354 g/mol. The summed E-state index contributed by atoms with van der Waals surface area (Å²) in [5, 5.41) is 0. The number of carbonyl (C=O) groups is 2. The fraction of sp³-hybridized carbons (Fsp3) is 0.333. The van der Waals surface area contributed by atoms with Crippen LogP contribution in [0.5, 0.6) is 0 Å². The third-order valence-electron chi connectivity index (χ3n) is 4.84. The fourth-order valence-corrected chi connectivity index (χ4v) is 3.38. The van der Waals surface area contributed by atoms with Crippen molar-refractivity contribution >= 4 is 11.8 Å². The van der Waals surface area contributed by atoms with Gasteiger partial charge in [-0.15, -0.1) is 0 Å². The zero-order chi connectivity index (χ0) is 18.5. The zero-order valence-electron chi connectivity index (χ0n) is 14.9. The fourth-order valence-electron chi connectivity index (χ4n) is 3.38. The van der Waals surface area contributed by atoms with Gasteiger partial charge in [0.25, 0.3) is 5.91 Å². The van der Waals surface area contributed by atoms with Crippen molar-refractivity contribution in [2.24, 2.45) is 5.92 Å². The van der Waals surface area contributed by atoms with Crippen LogP contribution in [0, 0.1) is 11.7 Å². The average molecular weight is 354 g/mol. The number of nitrogens with zero attached hydrogens (tertiary/aromatic N) is 2. The van der Waals surface area contributed by atoms with Crippen LogP contribution in [-0.2, 0) is 11.3 Å². The molecule has 0 aliphatic carbocycles. The van der Waals surface area contributed by atoms with Crippen molar-refractivity contribution < 1.29 is 14.0 Å². The minimum atomic E-state index is -0.413. The zero-order valence-corrected chi connectivity index (χ0v) is 14.9. The Kier molecular flexibility index (Phi) is 5.66. The highest BCUT2D eigenvalue weighted by molar-refractivity contribution is 5.94. The number of hydrogen-bond acceptors (Lipinski definition) is 2. The number of carbonyl (C=O) groups excluding carboxylic acids is 2. The first kappa shape index (κ1) is 18.1. The van der Waals surface area contributed by atoms with Crippen molar-refractivity contribution in [1.82, 2.24) is 9.80 Å². The van der Waals surface area contributed by atoms with Crippen LogP contribution in [0.25, 0.3) is 0 Å². The van der Waals surface area contributed by atoms with E-state index in [1.165, 1.54) is 18.2 Å². The third-order valence-corrected chi connectivity index (χ3v) is 4.84. The molecule has 4 nitrogen and oxygen atoms in total. The molecular formula is C21H23FN2O2. The highest BCUT2D eigenvalue weighted by atomic mass is 19.1. The van der Waals surface area contributed by atoms with Crippen molar-refractivity contribution in [3.8, 4) is 0 Å². The molecule has 2 aromatic carbocycles. The molecule has 1 saturated heterocycles. The van der Waals surface area contributed by atoms with Crippen molar-refractivity contribution in [2.75, 3.05) is 20.1 Å². The van der Waals surface area contributed by atoms with E-state index in [1.54, 1.807) is 15.9 Å². The molecule has 2 aromatic rings. The number of benzene rings is 2. The van der Waals surface area contributed by atoms with Crippen LogP contribution in [0.1, 0.15) is 28.8 Å². The maximum atomic E-state index is 13.3.